The standard InChI is InChI=1S/C30H42N4/c1-2-4-6-8-17-31-26-12-10-23(9-7-5-3-1)19-28(21-26)34-27-13-15-30(33-22-27)24-11-14-29-25(20-24)16-18-32-29/h11,13-16,18,20,22-23,26,28,31-32,34H,1-10,12,17,19,21H2. The van der Waals surface area contributed by atoms with Gasteiger partial charge in [-0.2, -0.15) is 0 Å². The topological polar surface area (TPSA) is 52.7 Å². The highest BCUT2D eigenvalue weighted by molar-refractivity contribution is 5.84. The van der Waals surface area contributed by atoms with E-state index >= 15 is 0 Å². The second-order valence-corrected chi connectivity index (χ2v) is 10.7. The maximum absolute atomic E-state index is 4.82. The van der Waals surface area contributed by atoms with Crippen molar-refractivity contribution < 1.29 is 0 Å². The van der Waals surface area contributed by atoms with Crippen molar-refractivity contribution in [3.63, 3.8) is 0 Å². The lowest BCUT2D eigenvalue weighted by Crippen LogP contribution is -2.34. The van der Waals surface area contributed by atoms with E-state index in [1.807, 2.05) is 12.4 Å². The van der Waals surface area contributed by atoms with Gasteiger partial charge in [-0.1, -0.05) is 57.4 Å². The molecular formula is C30H42N4. The summed E-state index contributed by atoms with van der Waals surface area (Å²) in [6.07, 6.45) is 22.0. The van der Waals surface area contributed by atoms with Crippen molar-refractivity contribution in [1.29, 1.82) is 0 Å². The summed E-state index contributed by atoms with van der Waals surface area (Å²) in [7, 11) is 0. The SMILES string of the molecule is c1cc2cc(-c3ccc(NC4CC5CCCCCCCCCCNC(CC5)C4)cn3)ccc2[nH]1. The fourth-order valence-electron chi connectivity index (χ4n) is 6.10. The lowest BCUT2D eigenvalue weighted by molar-refractivity contribution is 0.391. The van der Waals surface area contributed by atoms with Crippen LogP contribution in [0.2, 0.25) is 0 Å². The Hall–Kier alpha value is -2.33. The molecule has 2 fully saturated rings. The molecule has 0 radical (unpaired) electrons. The molecule has 4 nitrogen and oxygen atoms in total. The normalized spacial score (nSPS) is 25.4. The Bertz CT molecular complexity index is 986. The molecule has 3 heterocycles. The molecule has 1 saturated heterocycles. The predicted molar refractivity (Wildman–Crippen MR) is 144 cm³/mol. The third-order valence-corrected chi connectivity index (χ3v) is 8.07. The molecule has 2 bridgehead atoms. The van der Waals surface area contributed by atoms with E-state index in [1.54, 1.807) is 0 Å². The zero-order chi connectivity index (χ0) is 23.0. The lowest BCUT2D eigenvalue weighted by atomic mass is 9.92. The number of aromatic nitrogens is 2. The zero-order valence-electron chi connectivity index (χ0n) is 20.7. The van der Waals surface area contributed by atoms with Crippen LogP contribution in [0.1, 0.15) is 83.5 Å². The van der Waals surface area contributed by atoms with E-state index in [9.17, 15) is 0 Å². The van der Waals surface area contributed by atoms with Crippen molar-refractivity contribution in [3.8, 4) is 11.3 Å². The Morgan fingerprint density at radius 1 is 0.794 bits per heavy atom. The average molecular weight is 459 g/mol. The molecule has 3 atom stereocenters. The van der Waals surface area contributed by atoms with E-state index in [1.165, 1.54) is 106 Å². The maximum Gasteiger partial charge on any atom is 0.0703 e. The molecule has 3 unspecified atom stereocenters. The molecule has 1 saturated carbocycles. The third-order valence-electron chi connectivity index (χ3n) is 8.07. The average Bonchev–Trinajstić information content (AvgIpc) is 3.24. The van der Waals surface area contributed by atoms with Gasteiger partial charge in [-0.3, -0.25) is 4.98 Å². The molecule has 2 aromatic heterocycles. The summed E-state index contributed by atoms with van der Waals surface area (Å²) in [6, 6.07) is 14.2. The van der Waals surface area contributed by atoms with Crippen molar-refractivity contribution in [1.82, 2.24) is 15.3 Å². The first-order valence-electron chi connectivity index (χ1n) is 13.9. The van der Waals surface area contributed by atoms with Gasteiger partial charge in [-0.25, -0.2) is 0 Å². The van der Waals surface area contributed by atoms with Crippen LogP contribution < -0.4 is 10.6 Å². The summed E-state index contributed by atoms with van der Waals surface area (Å²) in [4.78, 5) is 8.08. The van der Waals surface area contributed by atoms with Gasteiger partial charge in [0.25, 0.3) is 0 Å². The molecule has 4 heteroatoms. The second kappa shape index (κ2) is 11.9. The van der Waals surface area contributed by atoms with Gasteiger partial charge in [-0.05, 0) is 74.9 Å². The van der Waals surface area contributed by atoms with Crippen molar-refractivity contribution in [2.75, 3.05) is 11.9 Å². The summed E-state index contributed by atoms with van der Waals surface area (Å²) >= 11 is 0. The molecule has 0 amide bonds. The number of fused-ring (bicyclic) bond motifs is 4. The molecular weight excluding hydrogens is 416 g/mol. The van der Waals surface area contributed by atoms with Gasteiger partial charge in [0.05, 0.1) is 17.6 Å². The van der Waals surface area contributed by atoms with Gasteiger partial charge in [0, 0.05) is 34.7 Å². The Morgan fingerprint density at radius 2 is 1.65 bits per heavy atom. The summed E-state index contributed by atoms with van der Waals surface area (Å²) in [5.74, 6) is 0.856. The summed E-state index contributed by atoms with van der Waals surface area (Å²) in [5, 5.41) is 9.03. The Labute approximate surface area is 205 Å². The molecule has 1 aliphatic carbocycles. The molecule has 0 spiro atoms. The Balaban J connectivity index is 1.24. The number of aromatic amines is 1. The van der Waals surface area contributed by atoms with Crippen molar-refractivity contribution in [2.45, 2.75) is 95.6 Å². The van der Waals surface area contributed by atoms with E-state index in [4.69, 9.17) is 4.98 Å². The molecule has 34 heavy (non-hydrogen) atoms. The Morgan fingerprint density at radius 3 is 2.50 bits per heavy atom. The molecule has 1 aromatic carbocycles. The number of benzene rings is 1. The number of nitrogens with one attached hydrogen (secondary N) is 3. The van der Waals surface area contributed by atoms with Gasteiger partial charge in [0.2, 0.25) is 0 Å². The molecule has 3 aromatic rings. The van der Waals surface area contributed by atoms with Crippen LogP contribution in [0.3, 0.4) is 0 Å². The predicted octanol–water partition coefficient (Wildman–Crippen LogP) is 7.68. The van der Waals surface area contributed by atoms with E-state index in [0.717, 1.165) is 17.3 Å². The van der Waals surface area contributed by atoms with Crippen LogP contribution >= 0.6 is 0 Å². The van der Waals surface area contributed by atoms with Gasteiger partial charge < -0.3 is 15.6 Å². The first kappa shape index (κ1) is 23.4. The maximum atomic E-state index is 4.82. The minimum Gasteiger partial charge on any atom is -0.381 e. The van der Waals surface area contributed by atoms with Crippen LogP contribution in [0.4, 0.5) is 5.69 Å². The molecule has 5 rings (SSSR count). The number of hydrogen-bond acceptors (Lipinski definition) is 3. The molecule has 182 valence electrons. The zero-order valence-corrected chi connectivity index (χ0v) is 20.7. The van der Waals surface area contributed by atoms with Crippen LogP contribution in [0.5, 0.6) is 0 Å². The minimum absolute atomic E-state index is 0.529. The number of pyridine rings is 1. The van der Waals surface area contributed by atoms with Gasteiger partial charge in [0.1, 0.15) is 0 Å². The van der Waals surface area contributed by atoms with E-state index in [2.05, 4.69) is 52.0 Å². The van der Waals surface area contributed by atoms with Crippen molar-refractivity contribution in [3.05, 3.63) is 48.8 Å². The minimum atomic E-state index is 0.529. The fraction of sp³-hybridized carbons (Fsp3) is 0.567. The highest BCUT2D eigenvalue weighted by atomic mass is 15.0. The fourth-order valence-corrected chi connectivity index (χ4v) is 6.10. The monoisotopic (exact) mass is 458 g/mol. The van der Waals surface area contributed by atoms with Crippen LogP contribution in [0, 0.1) is 5.92 Å². The number of hydrogen-bond donors (Lipinski definition) is 3. The summed E-state index contributed by atoms with van der Waals surface area (Å²) in [5.41, 5.74) is 4.54. The first-order valence-corrected chi connectivity index (χ1v) is 13.9. The highest BCUT2D eigenvalue weighted by Crippen LogP contribution is 2.31. The van der Waals surface area contributed by atoms with Crippen molar-refractivity contribution in [2.24, 2.45) is 5.92 Å². The van der Waals surface area contributed by atoms with E-state index in [0.29, 0.717) is 12.1 Å². The molecule has 2 aliphatic rings. The lowest BCUT2D eigenvalue weighted by Gasteiger charge is -2.24. The van der Waals surface area contributed by atoms with Gasteiger partial charge >= 0.3 is 0 Å². The van der Waals surface area contributed by atoms with Crippen LogP contribution in [-0.4, -0.2) is 28.6 Å². The quantitative estimate of drug-likeness (QED) is 0.377. The first-order chi connectivity index (χ1) is 16.8. The number of rotatable bonds is 3. The number of nitrogens with zero attached hydrogens (tertiary/aromatic N) is 1. The number of H-pyrrole nitrogens is 1. The summed E-state index contributed by atoms with van der Waals surface area (Å²) in [6.45, 7) is 1.18. The molecule has 1 aliphatic heterocycles. The van der Waals surface area contributed by atoms with E-state index in [-0.39, 0.29) is 0 Å². The van der Waals surface area contributed by atoms with Gasteiger partial charge in [-0.15, -0.1) is 0 Å². The third kappa shape index (κ3) is 6.41. The largest absolute Gasteiger partial charge is 0.381 e. The van der Waals surface area contributed by atoms with Crippen LogP contribution in [-0.2, 0) is 0 Å². The van der Waals surface area contributed by atoms with Crippen LogP contribution in [0.25, 0.3) is 22.2 Å². The second-order valence-electron chi connectivity index (χ2n) is 10.7. The van der Waals surface area contributed by atoms with Crippen molar-refractivity contribution >= 4 is 16.6 Å². The smallest absolute Gasteiger partial charge is 0.0703 e. The van der Waals surface area contributed by atoms with Crippen LogP contribution in [0.15, 0.2) is 48.8 Å². The number of anilines is 1. The van der Waals surface area contributed by atoms with E-state index < -0.39 is 0 Å². The summed E-state index contributed by atoms with van der Waals surface area (Å²) < 4.78 is 0. The highest BCUT2D eigenvalue weighted by Gasteiger charge is 2.25. The van der Waals surface area contributed by atoms with Gasteiger partial charge in [0.15, 0.2) is 0 Å². The molecule has 3 N–H and O–H groups in total. The Kier molecular flexibility index (Phi) is 8.18.